The van der Waals surface area contributed by atoms with Gasteiger partial charge >= 0.3 is 0 Å². The average molecular weight is 533 g/mol. The molecule has 2 unspecified atom stereocenters. The number of allylic oxidation sites excluding steroid dienone is 1. The van der Waals surface area contributed by atoms with Gasteiger partial charge in [0.2, 0.25) is 0 Å². The van der Waals surface area contributed by atoms with Crippen molar-refractivity contribution in [3.63, 3.8) is 0 Å². The first-order valence-corrected chi connectivity index (χ1v) is 13.9. The molecule has 1 fully saturated rings. The van der Waals surface area contributed by atoms with Gasteiger partial charge in [-0.2, -0.15) is 0 Å². The quantitative estimate of drug-likeness (QED) is 0.251. The van der Waals surface area contributed by atoms with Crippen LogP contribution in [0.4, 0.5) is 0 Å². The van der Waals surface area contributed by atoms with Gasteiger partial charge in [0.25, 0.3) is 0 Å². The second-order valence-electron chi connectivity index (χ2n) is 10.1. The summed E-state index contributed by atoms with van der Waals surface area (Å²) in [5, 5.41) is 8.24. The van der Waals surface area contributed by atoms with Crippen molar-refractivity contribution in [2.75, 3.05) is 53.9 Å². The summed E-state index contributed by atoms with van der Waals surface area (Å²) in [6, 6.07) is 19.3. The maximum Gasteiger partial charge on any atom is 0.124 e. The van der Waals surface area contributed by atoms with E-state index >= 15 is 0 Å². The number of aromatic amines is 1. The highest BCUT2D eigenvalue weighted by Gasteiger charge is 2.31. The number of para-hydroxylation sites is 1. The molecular formula is C33H48N4O2. The summed E-state index contributed by atoms with van der Waals surface area (Å²) in [4.78, 5) is 22.2. The zero-order chi connectivity index (χ0) is 28.6. The van der Waals surface area contributed by atoms with Gasteiger partial charge in [-0.15, -0.1) is 6.58 Å². The second-order valence-corrected chi connectivity index (χ2v) is 10.1. The standard InChI is InChI=1S/C28H36N4O.C4H8.CH4O/c1-22(13-18-33)26(28(30(2)3)25-19-29-27-12-8-7-11-24(25)27)21-32-16-14-31(15-17-32)20-23-9-5-4-6-10-23;1-3-4-2;1-2/h4-12,18-19,26,28-29H,1,13-17,20-21H2,2-3H3;3H,1,4H2,2H3;2H,1H3. The first-order valence-electron chi connectivity index (χ1n) is 13.9. The van der Waals surface area contributed by atoms with E-state index in [1.165, 1.54) is 16.5 Å². The van der Waals surface area contributed by atoms with Crippen LogP contribution in [-0.4, -0.2) is 85.0 Å². The van der Waals surface area contributed by atoms with Gasteiger partial charge in [0.1, 0.15) is 6.29 Å². The molecule has 6 heteroatoms. The zero-order valence-electron chi connectivity index (χ0n) is 24.4. The van der Waals surface area contributed by atoms with Crippen LogP contribution < -0.4 is 0 Å². The predicted molar refractivity (Wildman–Crippen MR) is 165 cm³/mol. The van der Waals surface area contributed by atoms with E-state index in [1.54, 1.807) is 0 Å². The molecule has 1 aromatic heterocycles. The number of carbonyl (C=O) groups excluding carboxylic acids is 1. The van der Waals surface area contributed by atoms with Crippen molar-refractivity contribution in [3.05, 3.63) is 96.7 Å². The summed E-state index contributed by atoms with van der Waals surface area (Å²) < 4.78 is 0. The van der Waals surface area contributed by atoms with Crippen LogP contribution in [0.2, 0.25) is 0 Å². The van der Waals surface area contributed by atoms with Crippen LogP contribution in [0.15, 0.2) is 85.6 Å². The minimum absolute atomic E-state index is 0.149. The lowest BCUT2D eigenvalue weighted by Crippen LogP contribution is -2.48. The molecule has 2 atom stereocenters. The fourth-order valence-corrected chi connectivity index (χ4v) is 5.15. The molecule has 2 heterocycles. The van der Waals surface area contributed by atoms with Gasteiger partial charge in [0.05, 0.1) is 0 Å². The molecule has 4 rings (SSSR count). The van der Waals surface area contributed by atoms with Crippen molar-refractivity contribution in [2.45, 2.75) is 32.4 Å². The molecule has 3 aromatic rings. The molecule has 2 aromatic carbocycles. The average Bonchev–Trinajstić information content (AvgIpc) is 3.39. The Morgan fingerprint density at radius 2 is 1.62 bits per heavy atom. The fraction of sp³-hybridized carbons (Fsp3) is 0.424. The molecule has 1 aliphatic heterocycles. The lowest BCUT2D eigenvalue weighted by molar-refractivity contribution is -0.107. The normalized spacial score (nSPS) is 15.4. The maximum absolute atomic E-state index is 11.4. The van der Waals surface area contributed by atoms with Gasteiger partial charge in [-0.25, -0.2) is 0 Å². The molecule has 2 N–H and O–H groups in total. The van der Waals surface area contributed by atoms with Crippen molar-refractivity contribution < 1.29 is 9.90 Å². The number of carbonyl (C=O) groups is 1. The van der Waals surface area contributed by atoms with Gasteiger partial charge in [0.15, 0.2) is 0 Å². The van der Waals surface area contributed by atoms with Gasteiger partial charge in [-0.05, 0) is 37.7 Å². The van der Waals surface area contributed by atoms with Crippen LogP contribution in [0.3, 0.4) is 0 Å². The number of aliphatic hydroxyl groups is 1. The topological polar surface area (TPSA) is 62.8 Å². The van der Waals surface area contributed by atoms with Crippen LogP contribution in [0, 0.1) is 5.92 Å². The van der Waals surface area contributed by atoms with Crippen LogP contribution in [-0.2, 0) is 11.3 Å². The summed E-state index contributed by atoms with van der Waals surface area (Å²) in [5.41, 5.74) is 4.81. The number of piperazine rings is 1. The molecule has 1 aliphatic rings. The molecule has 0 aliphatic carbocycles. The highest BCUT2D eigenvalue weighted by Crippen LogP contribution is 2.37. The van der Waals surface area contributed by atoms with Gasteiger partial charge < -0.3 is 24.7 Å². The van der Waals surface area contributed by atoms with Gasteiger partial charge in [-0.1, -0.05) is 73.7 Å². The van der Waals surface area contributed by atoms with E-state index in [1.807, 2.05) is 6.08 Å². The number of aromatic nitrogens is 1. The minimum Gasteiger partial charge on any atom is -0.400 e. The lowest BCUT2D eigenvalue weighted by Gasteiger charge is -2.40. The van der Waals surface area contributed by atoms with Crippen LogP contribution in [0.5, 0.6) is 0 Å². The zero-order valence-corrected chi connectivity index (χ0v) is 24.4. The number of H-pyrrole nitrogens is 1. The molecule has 6 nitrogen and oxygen atoms in total. The van der Waals surface area contributed by atoms with Gasteiger partial charge in [-0.3, -0.25) is 4.90 Å². The minimum atomic E-state index is 0.149. The number of hydrogen-bond acceptors (Lipinski definition) is 5. The van der Waals surface area contributed by atoms with Crippen molar-refractivity contribution >= 4 is 17.2 Å². The van der Waals surface area contributed by atoms with E-state index in [0.29, 0.717) is 6.42 Å². The van der Waals surface area contributed by atoms with Crippen molar-refractivity contribution in [2.24, 2.45) is 5.92 Å². The molecule has 0 amide bonds. The highest BCUT2D eigenvalue weighted by molar-refractivity contribution is 5.83. The Hall–Kier alpha value is -3.03. The lowest BCUT2D eigenvalue weighted by atomic mass is 9.84. The molecule has 212 valence electrons. The number of fused-ring (bicyclic) bond motifs is 1. The number of nitrogens with one attached hydrogen (secondary N) is 1. The molecule has 1 saturated heterocycles. The number of nitrogens with zero attached hydrogens (tertiary/aromatic N) is 3. The number of rotatable bonds is 11. The third-order valence-electron chi connectivity index (χ3n) is 7.20. The first-order chi connectivity index (χ1) is 19.0. The summed E-state index contributed by atoms with van der Waals surface area (Å²) in [6.45, 7) is 16.0. The largest absolute Gasteiger partial charge is 0.400 e. The Morgan fingerprint density at radius 1 is 1.03 bits per heavy atom. The van der Waals surface area contributed by atoms with Crippen molar-refractivity contribution in [3.8, 4) is 0 Å². The van der Waals surface area contributed by atoms with E-state index in [2.05, 4.69) is 115 Å². The van der Waals surface area contributed by atoms with E-state index in [9.17, 15) is 4.79 Å². The van der Waals surface area contributed by atoms with Crippen molar-refractivity contribution in [1.29, 1.82) is 0 Å². The molecule has 0 spiro atoms. The van der Waals surface area contributed by atoms with Crippen LogP contribution in [0.25, 0.3) is 10.9 Å². The summed E-state index contributed by atoms with van der Waals surface area (Å²) in [7, 11) is 5.26. The number of hydrogen-bond donors (Lipinski definition) is 2. The molecule has 0 saturated carbocycles. The second kappa shape index (κ2) is 17.5. The first kappa shape index (κ1) is 32.2. The summed E-state index contributed by atoms with van der Waals surface area (Å²) in [6.07, 6.45) is 6.49. The van der Waals surface area contributed by atoms with Gasteiger partial charge in [0, 0.05) is 81.9 Å². The van der Waals surface area contributed by atoms with Crippen LogP contribution >= 0.6 is 0 Å². The Morgan fingerprint density at radius 3 is 2.21 bits per heavy atom. The Bertz CT molecular complexity index is 1120. The van der Waals surface area contributed by atoms with Crippen LogP contribution in [0.1, 0.15) is 36.9 Å². The number of aldehydes is 1. The van der Waals surface area contributed by atoms with Crippen molar-refractivity contribution in [1.82, 2.24) is 19.7 Å². The Balaban J connectivity index is 0.000000815. The third-order valence-corrected chi connectivity index (χ3v) is 7.20. The summed E-state index contributed by atoms with van der Waals surface area (Å²) in [5.74, 6) is 0.171. The number of benzene rings is 2. The summed E-state index contributed by atoms with van der Waals surface area (Å²) >= 11 is 0. The monoisotopic (exact) mass is 532 g/mol. The Labute approximate surface area is 235 Å². The SMILES string of the molecule is C=C(CC=O)C(CN1CCN(Cc2ccccc2)CC1)C(c1c[nH]c2ccccc12)N(C)C.C=CCC.CO. The molecule has 39 heavy (non-hydrogen) atoms. The van der Waals surface area contributed by atoms with E-state index < -0.39 is 0 Å². The molecular weight excluding hydrogens is 484 g/mol. The van der Waals surface area contributed by atoms with E-state index in [4.69, 9.17) is 5.11 Å². The third kappa shape index (κ3) is 9.59. The highest BCUT2D eigenvalue weighted by atomic mass is 16.2. The number of aliphatic hydroxyl groups excluding tert-OH is 1. The fourth-order valence-electron chi connectivity index (χ4n) is 5.15. The molecule has 0 bridgehead atoms. The van der Waals surface area contributed by atoms with E-state index in [0.717, 1.165) is 70.2 Å². The molecule has 0 radical (unpaired) electrons. The Kier molecular flexibility index (Phi) is 14.5. The smallest absolute Gasteiger partial charge is 0.124 e. The predicted octanol–water partition coefficient (Wildman–Crippen LogP) is 5.54. The maximum atomic E-state index is 11.4. The van der Waals surface area contributed by atoms with E-state index in [-0.39, 0.29) is 12.0 Å².